The first-order valence-corrected chi connectivity index (χ1v) is 6.87. The first-order chi connectivity index (χ1) is 10.4. The summed E-state index contributed by atoms with van der Waals surface area (Å²) >= 11 is 11.7. The number of aromatic nitrogens is 4. The molecule has 0 bridgehead atoms. The van der Waals surface area contributed by atoms with Gasteiger partial charge in [0.15, 0.2) is 0 Å². The van der Waals surface area contributed by atoms with E-state index in [-0.39, 0.29) is 13.0 Å². The molecule has 116 valence electrons. The van der Waals surface area contributed by atoms with Crippen molar-refractivity contribution < 1.29 is 14.7 Å². The van der Waals surface area contributed by atoms with Crippen LogP contribution in [0.25, 0.3) is 0 Å². The average Bonchev–Trinajstić information content (AvgIpc) is 2.89. The molecule has 1 unspecified atom stereocenters. The Balaban J connectivity index is 2.03. The van der Waals surface area contributed by atoms with E-state index in [9.17, 15) is 14.7 Å². The van der Waals surface area contributed by atoms with Crippen molar-refractivity contribution in [1.82, 2.24) is 25.5 Å². The van der Waals surface area contributed by atoms with Crippen LogP contribution < -0.4 is 5.32 Å². The molecule has 10 heteroatoms. The summed E-state index contributed by atoms with van der Waals surface area (Å²) in [6.45, 7) is -0.174. The maximum atomic E-state index is 11.8. The standard InChI is InChI=1S/C12H11Cl2N5O3/c13-8-1-7(2-9(14)4-8)3-10(12(21)22)16-11(20)5-19-6-15-17-18-19/h1-2,4,6,10H,3,5H2,(H,16,20)(H,21,22). The van der Waals surface area contributed by atoms with Crippen LogP contribution in [-0.2, 0) is 22.6 Å². The van der Waals surface area contributed by atoms with Gasteiger partial charge in [0.05, 0.1) is 0 Å². The zero-order valence-electron chi connectivity index (χ0n) is 11.1. The number of hydrogen-bond acceptors (Lipinski definition) is 5. The first-order valence-electron chi connectivity index (χ1n) is 6.12. The van der Waals surface area contributed by atoms with E-state index in [1.807, 2.05) is 0 Å². The molecule has 0 fully saturated rings. The molecule has 1 atom stereocenters. The molecule has 0 aliphatic rings. The lowest BCUT2D eigenvalue weighted by Crippen LogP contribution is -2.43. The third-order valence-electron chi connectivity index (χ3n) is 2.69. The van der Waals surface area contributed by atoms with Crippen LogP contribution in [0.3, 0.4) is 0 Å². The highest BCUT2D eigenvalue weighted by Gasteiger charge is 2.21. The van der Waals surface area contributed by atoms with Crippen LogP contribution in [0, 0.1) is 0 Å². The molecule has 0 aliphatic heterocycles. The number of carboxylic acid groups (broad SMARTS) is 1. The fourth-order valence-corrected chi connectivity index (χ4v) is 2.38. The highest BCUT2D eigenvalue weighted by Crippen LogP contribution is 2.20. The number of halogens is 2. The third-order valence-corrected chi connectivity index (χ3v) is 3.13. The van der Waals surface area contributed by atoms with Gasteiger partial charge in [-0.15, -0.1) is 5.10 Å². The second-order valence-corrected chi connectivity index (χ2v) is 5.32. The van der Waals surface area contributed by atoms with Crippen molar-refractivity contribution in [2.75, 3.05) is 0 Å². The molecule has 0 spiro atoms. The fraction of sp³-hybridized carbons (Fsp3) is 0.250. The van der Waals surface area contributed by atoms with Gasteiger partial charge in [-0.25, -0.2) is 9.48 Å². The van der Waals surface area contributed by atoms with E-state index in [4.69, 9.17) is 23.2 Å². The van der Waals surface area contributed by atoms with Crippen molar-refractivity contribution in [3.8, 4) is 0 Å². The number of rotatable bonds is 6. The maximum Gasteiger partial charge on any atom is 0.326 e. The molecule has 1 amide bonds. The zero-order valence-corrected chi connectivity index (χ0v) is 12.6. The van der Waals surface area contributed by atoms with Crippen LogP contribution in [0.15, 0.2) is 24.5 Å². The number of hydrogen-bond donors (Lipinski definition) is 2. The van der Waals surface area contributed by atoms with Crippen LogP contribution in [0.5, 0.6) is 0 Å². The smallest absolute Gasteiger partial charge is 0.326 e. The van der Waals surface area contributed by atoms with Crippen molar-refractivity contribution >= 4 is 35.1 Å². The summed E-state index contributed by atoms with van der Waals surface area (Å²) < 4.78 is 1.19. The summed E-state index contributed by atoms with van der Waals surface area (Å²) in [4.78, 5) is 23.1. The van der Waals surface area contributed by atoms with Crippen LogP contribution >= 0.6 is 23.2 Å². The molecule has 2 rings (SSSR count). The molecule has 1 heterocycles. The lowest BCUT2D eigenvalue weighted by molar-refractivity contribution is -0.141. The van der Waals surface area contributed by atoms with E-state index < -0.39 is 17.9 Å². The molecule has 8 nitrogen and oxygen atoms in total. The van der Waals surface area contributed by atoms with Gasteiger partial charge in [0.25, 0.3) is 0 Å². The Labute approximate surface area is 135 Å². The van der Waals surface area contributed by atoms with Gasteiger partial charge < -0.3 is 10.4 Å². The Morgan fingerprint density at radius 1 is 1.27 bits per heavy atom. The second kappa shape index (κ2) is 7.19. The van der Waals surface area contributed by atoms with Gasteiger partial charge in [0.1, 0.15) is 18.9 Å². The van der Waals surface area contributed by atoms with Gasteiger partial charge in [-0.3, -0.25) is 4.79 Å². The van der Waals surface area contributed by atoms with E-state index in [1.165, 1.54) is 11.0 Å². The van der Waals surface area contributed by atoms with Crippen molar-refractivity contribution in [1.29, 1.82) is 0 Å². The van der Waals surface area contributed by atoms with E-state index >= 15 is 0 Å². The number of nitrogens with one attached hydrogen (secondary N) is 1. The predicted octanol–water partition coefficient (Wildman–Crippen LogP) is 0.792. The number of benzene rings is 1. The van der Waals surface area contributed by atoms with Gasteiger partial charge >= 0.3 is 5.97 Å². The minimum atomic E-state index is -1.17. The molecule has 22 heavy (non-hydrogen) atoms. The largest absolute Gasteiger partial charge is 0.480 e. The van der Waals surface area contributed by atoms with Gasteiger partial charge in [-0.05, 0) is 34.2 Å². The quantitative estimate of drug-likeness (QED) is 0.802. The van der Waals surface area contributed by atoms with Crippen molar-refractivity contribution in [2.24, 2.45) is 0 Å². The van der Waals surface area contributed by atoms with Gasteiger partial charge in [0, 0.05) is 16.5 Å². The number of tetrazole rings is 1. The molecule has 2 N–H and O–H groups in total. The number of carbonyl (C=O) groups excluding carboxylic acids is 1. The summed E-state index contributed by atoms with van der Waals surface area (Å²) in [7, 11) is 0. The summed E-state index contributed by atoms with van der Waals surface area (Å²) in [6, 6.07) is 3.62. The topological polar surface area (TPSA) is 110 Å². The molecule has 0 radical (unpaired) electrons. The molecule has 2 aromatic rings. The lowest BCUT2D eigenvalue weighted by Gasteiger charge is -2.15. The predicted molar refractivity (Wildman–Crippen MR) is 77.5 cm³/mol. The van der Waals surface area contributed by atoms with E-state index in [0.717, 1.165) is 0 Å². The Kier molecular flexibility index (Phi) is 5.29. The number of nitrogens with zero attached hydrogens (tertiary/aromatic N) is 4. The highest BCUT2D eigenvalue weighted by molar-refractivity contribution is 6.34. The number of aliphatic carboxylic acids is 1. The van der Waals surface area contributed by atoms with Crippen LogP contribution in [-0.4, -0.2) is 43.2 Å². The summed E-state index contributed by atoms with van der Waals surface area (Å²) in [5.41, 5.74) is 0.604. The van der Waals surface area contributed by atoms with Crippen LogP contribution in [0.1, 0.15) is 5.56 Å². The van der Waals surface area contributed by atoms with Crippen molar-refractivity contribution in [3.05, 3.63) is 40.1 Å². The first kappa shape index (κ1) is 16.2. The SMILES string of the molecule is O=C(Cn1cnnn1)NC(Cc1cc(Cl)cc(Cl)c1)C(=O)O. The average molecular weight is 344 g/mol. The minimum Gasteiger partial charge on any atom is -0.480 e. The molecular weight excluding hydrogens is 333 g/mol. The Bertz CT molecular complexity index is 657. The summed E-state index contributed by atoms with van der Waals surface area (Å²) in [6.07, 6.45) is 1.31. The zero-order chi connectivity index (χ0) is 16.1. The normalized spacial score (nSPS) is 11.9. The van der Waals surface area contributed by atoms with Gasteiger partial charge in [-0.1, -0.05) is 23.2 Å². The highest BCUT2D eigenvalue weighted by atomic mass is 35.5. The Morgan fingerprint density at radius 3 is 2.50 bits per heavy atom. The van der Waals surface area contributed by atoms with E-state index in [2.05, 4.69) is 20.8 Å². The van der Waals surface area contributed by atoms with Crippen molar-refractivity contribution in [2.45, 2.75) is 19.0 Å². The van der Waals surface area contributed by atoms with Gasteiger partial charge in [0.2, 0.25) is 5.91 Å². The molecular formula is C12H11Cl2N5O3. The van der Waals surface area contributed by atoms with Crippen LogP contribution in [0.4, 0.5) is 0 Å². The molecule has 0 saturated carbocycles. The minimum absolute atomic E-state index is 0.0525. The summed E-state index contributed by atoms with van der Waals surface area (Å²) in [5.74, 6) is -1.69. The molecule has 0 aliphatic carbocycles. The third kappa shape index (κ3) is 4.68. The van der Waals surface area contributed by atoms with Crippen LogP contribution in [0.2, 0.25) is 10.0 Å². The lowest BCUT2D eigenvalue weighted by atomic mass is 10.1. The Hall–Kier alpha value is -2.19. The maximum absolute atomic E-state index is 11.8. The van der Waals surface area contributed by atoms with E-state index in [1.54, 1.807) is 18.2 Å². The molecule has 1 aromatic heterocycles. The number of carbonyl (C=O) groups is 2. The second-order valence-electron chi connectivity index (χ2n) is 4.45. The van der Waals surface area contributed by atoms with Gasteiger partial charge in [-0.2, -0.15) is 0 Å². The number of amides is 1. The van der Waals surface area contributed by atoms with Crippen molar-refractivity contribution in [3.63, 3.8) is 0 Å². The fourth-order valence-electron chi connectivity index (χ4n) is 1.80. The Morgan fingerprint density at radius 2 is 1.95 bits per heavy atom. The number of carboxylic acids is 1. The monoisotopic (exact) mass is 343 g/mol. The molecule has 1 aromatic carbocycles. The van der Waals surface area contributed by atoms with E-state index in [0.29, 0.717) is 15.6 Å². The summed E-state index contributed by atoms with van der Waals surface area (Å²) in [5, 5.41) is 22.7. The molecule has 0 saturated heterocycles.